The lowest BCUT2D eigenvalue weighted by atomic mass is 9.93. The van der Waals surface area contributed by atoms with Crippen LogP contribution in [0.4, 0.5) is 5.69 Å². The molecule has 1 aliphatic rings. The Kier molecular flexibility index (Phi) is 5.71. The fourth-order valence-electron chi connectivity index (χ4n) is 4.19. The lowest BCUT2D eigenvalue weighted by Crippen LogP contribution is -2.48. The number of H-pyrrole nitrogens is 1. The summed E-state index contributed by atoms with van der Waals surface area (Å²) < 4.78 is 10.8. The first-order valence-corrected chi connectivity index (χ1v) is 10.5. The molecule has 0 bridgehead atoms. The van der Waals surface area contributed by atoms with Crippen molar-refractivity contribution in [2.45, 2.75) is 25.8 Å². The molecule has 4 rings (SSSR count). The minimum Gasteiger partial charge on any atom is -0.509 e. The van der Waals surface area contributed by atoms with Gasteiger partial charge in [-0.05, 0) is 25.5 Å². The van der Waals surface area contributed by atoms with Gasteiger partial charge in [-0.15, -0.1) is 0 Å². The van der Waals surface area contributed by atoms with Crippen molar-refractivity contribution < 1.29 is 19.4 Å². The molecule has 9 nitrogen and oxygen atoms in total. The van der Waals surface area contributed by atoms with E-state index in [9.17, 15) is 9.90 Å². The number of nitrogens with zero attached hydrogens (tertiary/aromatic N) is 2. The van der Waals surface area contributed by atoms with Crippen molar-refractivity contribution >= 4 is 34.0 Å². The SMILES string of the molecule is COc1cc(OC)cc(N2C(=N)C(c3nc4ccccc4[nH]3)=C(O)[C@]2(C)CCNC(C)=O)c1. The van der Waals surface area contributed by atoms with E-state index in [1.54, 1.807) is 37.3 Å². The molecule has 0 radical (unpaired) electrons. The molecule has 1 aromatic heterocycles. The maximum atomic E-state index is 11.5. The van der Waals surface area contributed by atoms with Crippen molar-refractivity contribution in [2.75, 3.05) is 25.7 Å². The number of carbonyl (C=O) groups is 1. The van der Waals surface area contributed by atoms with Crippen LogP contribution in [0.25, 0.3) is 16.6 Å². The quantitative estimate of drug-likeness (QED) is 0.437. The molecule has 4 N–H and O–H groups in total. The second-order valence-electron chi connectivity index (χ2n) is 8.09. The Balaban J connectivity index is 1.85. The first-order chi connectivity index (χ1) is 15.8. The Hall–Kier alpha value is -4.01. The normalized spacial score (nSPS) is 18.2. The smallest absolute Gasteiger partial charge is 0.216 e. The van der Waals surface area contributed by atoms with Gasteiger partial charge < -0.3 is 29.8 Å². The van der Waals surface area contributed by atoms with Crippen LogP contribution in [0, 0.1) is 5.41 Å². The van der Waals surface area contributed by atoms with E-state index in [1.165, 1.54) is 6.92 Å². The third kappa shape index (κ3) is 3.86. The van der Waals surface area contributed by atoms with Crippen molar-refractivity contribution in [3.05, 3.63) is 54.0 Å². The van der Waals surface area contributed by atoms with Gasteiger partial charge in [-0.25, -0.2) is 4.98 Å². The van der Waals surface area contributed by atoms with Crippen LogP contribution in [0.3, 0.4) is 0 Å². The fourth-order valence-corrected chi connectivity index (χ4v) is 4.19. The number of imidazole rings is 1. The molecular weight excluding hydrogens is 422 g/mol. The van der Waals surface area contributed by atoms with Crippen LogP contribution < -0.4 is 19.7 Å². The van der Waals surface area contributed by atoms with E-state index < -0.39 is 5.54 Å². The van der Waals surface area contributed by atoms with Gasteiger partial charge in [0.05, 0.1) is 36.5 Å². The van der Waals surface area contributed by atoms with Gasteiger partial charge in [-0.1, -0.05) is 12.1 Å². The number of fused-ring (bicyclic) bond motifs is 1. The van der Waals surface area contributed by atoms with Crippen molar-refractivity contribution in [2.24, 2.45) is 0 Å². The number of carbonyl (C=O) groups excluding carboxylic acids is 1. The molecule has 0 saturated carbocycles. The second kappa shape index (κ2) is 8.50. The molecule has 2 aromatic carbocycles. The summed E-state index contributed by atoms with van der Waals surface area (Å²) in [5, 5.41) is 23.3. The Morgan fingerprint density at radius 3 is 2.48 bits per heavy atom. The highest BCUT2D eigenvalue weighted by atomic mass is 16.5. The third-order valence-corrected chi connectivity index (χ3v) is 5.91. The summed E-state index contributed by atoms with van der Waals surface area (Å²) in [6.45, 7) is 3.59. The largest absolute Gasteiger partial charge is 0.509 e. The number of amidine groups is 1. The third-order valence-electron chi connectivity index (χ3n) is 5.91. The molecule has 1 amide bonds. The van der Waals surface area contributed by atoms with E-state index in [1.807, 2.05) is 31.2 Å². The summed E-state index contributed by atoms with van der Waals surface area (Å²) in [5.74, 6) is 1.42. The number of benzene rings is 2. The van der Waals surface area contributed by atoms with E-state index in [-0.39, 0.29) is 17.5 Å². The molecule has 9 heteroatoms. The van der Waals surface area contributed by atoms with Crippen LogP contribution in [0.5, 0.6) is 11.5 Å². The molecule has 0 spiro atoms. The van der Waals surface area contributed by atoms with Crippen LogP contribution in [0.2, 0.25) is 0 Å². The Morgan fingerprint density at radius 1 is 1.21 bits per heavy atom. The number of nitrogens with one attached hydrogen (secondary N) is 3. The zero-order chi connectivity index (χ0) is 23.8. The maximum absolute atomic E-state index is 11.5. The molecule has 0 fully saturated rings. The lowest BCUT2D eigenvalue weighted by molar-refractivity contribution is -0.119. The van der Waals surface area contributed by atoms with Crippen molar-refractivity contribution in [3.63, 3.8) is 0 Å². The van der Waals surface area contributed by atoms with E-state index >= 15 is 0 Å². The van der Waals surface area contributed by atoms with E-state index in [0.717, 1.165) is 11.0 Å². The Labute approximate surface area is 191 Å². The summed E-state index contributed by atoms with van der Waals surface area (Å²) in [4.78, 5) is 21.0. The first kappa shape index (κ1) is 22.2. The van der Waals surface area contributed by atoms with E-state index in [0.29, 0.717) is 41.5 Å². The molecule has 33 heavy (non-hydrogen) atoms. The summed E-state index contributed by atoms with van der Waals surface area (Å²) >= 11 is 0. The number of aromatic amines is 1. The van der Waals surface area contributed by atoms with Crippen LogP contribution >= 0.6 is 0 Å². The minimum absolute atomic E-state index is 0.00121. The lowest BCUT2D eigenvalue weighted by Gasteiger charge is -2.37. The average Bonchev–Trinajstić information content (AvgIpc) is 3.29. The molecule has 2 heterocycles. The van der Waals surface area contributed by atoms with E-state index in [2.05, 4.69) is 15.3 Å². The van der Waals surface area contributed by atoms with Gasteiger partial charge in [0.1, 0.15) is 34.5 Å². The number of aliphatic hydroxyl groups excluding tert-OH is 1. The monoisotopic (exact) mass is 449 g/mol. The molecule has 1 atom stereocenters. The second-order valence-corrected chi connectivity index (χ2v) is 8.09. The summed E-state index contributed by atoms with van der Waals surface area (Å²) in [5.41, 5.74) is 1.44. The predicted molar refractivity (Wildman–Crippen MR) is 127 cm³/mol. The van der Waals surface area contributed by atoms with Gasteiger partial charge in [0.25, 0.3) is 0 Å². The highest BCUT2D eigenvalue weighted by Crippen LogP contribution is 2.45. The molecular formula is C24H27N5O4. The van der Waals surface area contributed by atoms with Gasteiger partial charge in [0.2, 0.25) is 5.91 Å². The van der Waals surface area contributed by atoms with Gasteiger partial charge >= 0.3 is 0 Å². The number of aromatic nitrogens is 2. The van der Waals surface area contributed by atoms with E-state index in [4.69, 9.17) is 14.9 Å². The van der Waals surface area contributed by atoms with Crippen LogP contribution in [-0.2, 0) is 4.79 Å². The highest BCUT2D eigenvalue weighted by molar-refractivity contribution is 6.31. The number of ether oxygens (including phenoxy) is 2. The van der Waals surface area contributed by atoms with Gasteiger partial charge in [-0.3, -0.25) is 10.2 Å². The number of aliphatic hydroxyl groups is 1. The van der Waals surface area contributed by atoms with Gasteiger partial charge in [0.15, 0.2) is 0 Å². The van der Waals surface area contributed by atoms with Crippen LogP contribution in [0.1, 0.15) is 26.1 Å². The van der Waals surface area contributed by atoms with Gasteiger partial charge in [-0.2, -0.15) is 0 Å². The molecule has 0 unspecified atom stereocenters. The average molecular weight is 450 g/mol. The highest BCUT2D eigenvalue weighted by Gasteiger charge is 2.49. The molecule has 0 aliphatic carbocycles. The van der Waals surface area contributed by atoms with Crippen molar-refractivity contribution in [3.8, 4) is 11.5 Å². The number of amides is 1. The summed E-state index contributed by atoms with van der Waals surface area (Å²) in [6.07, 6.45) is 0.351. The number of hydrogen-bond acceptors (Lipinski definition) is 6. The number of methoxy groups -OCH3 is 2. The summed E-state index contributed by atoms with van der Waals surface area (Å²) in [6, 6.07) is 12.8. The Bertz CT molecular complexity index is 1210. The molecule has 1 aliphatic heterocycles. The minimum atomic E-state index is -1.02. The zero-order valence-corrected chi connectivity index (χ0v) is 19.0. The standard InChI is InChI=1S/C24H27N5O4/c1-14(30)26-10-9-24(2)21(31)20(23-27-18-7-5-6-8-19(18)28-23)22(25)29(24)15-11-16(32-3)13-17(12-15)33-4/h5-8,11-13,25,31H,9-10H2,1-4H3,(H,26,30)(H,27,28)/t24-/m0/s1. The topological polar surface area (TPSA) is 124 Å². The van der Waals surface area contributed by atoms with Crippen molar-refractivity contribution in [1.82, 2.24) is 15.3 Å². The zero-order valence-electron chi connectivity index (χ0n) is 19.0. The molecule has 172 valence electrons. The molecule has 0 saturated heterocycles. The fraction of sp³-hybridized carbons (Fsp3) is 0.292. The first-order valence-electron chi connectivity index (χ1n) is 10.5. The maximum Gasteiger partial charge on any atom is 0.216 e. The number of hydrogen-bond donors (Lipinski definition) is 4. The summed E-state index contributed by atoms with van der Waals surface area (Å²) in [7, 11) is 3.11. The van der Waals surface area contributed by atoms with Crippen LogP contribution in [0.15, 0.2) is 48.2 Å². The number of anilines is 1. The predicted octanol–water partition coefficient (Wildman–Crippen LogP) is 3.63. The number of rotatable bonds is 7. The van der Waals surface area contributed by atoms with Crippen molar-refractivity contribution in [1.29, 1.82) is 5.41 Å². The number of para-hydroxylation sites is 2. The Morgan fingerprint density at radius 2 is 1.88 bits per heavy atom. The van der Waals surface area contributed by atoms with Gasteiger partial charge in [0, 0.05) is 31.7 Å². The van der Waals surface area contributed by atoms with Crippen LogP contribution in [-0.4, -0.2) is 53.1 Å². The molecule has 3 aromatic rings.